The van der Waals surface area contributed by atoms with Crippen molar-refractivity contribution >= 4 is 43.9 Å². The number of nitrogens with zero attached hydrogens (tertiary/aromatic N) is 4. The molecular formula is C26H38N6O11P2. The number of hydrogen-bond donors (Lipinski definition) is 4. The van der Waals surface area contributed by atoms with Crippen molar-refractivity contribution in [2.24, 2.45) is 0 Å². The number of aliphatic hydroxyl groups is 2. The number of imidazole rings is 1. The monoisotopic (exact) mass is 672 g/mol. The summed E-state index contributed by atoms with van der Waals surface area (Å²) in [6.07, 6.45) is -2.96. The van der Waals surface area contributed by atoms with Crippen LogP contribution < -0.4 is 20.8 Å². The number of nitrogens with two attached hydrogens (primary N) is 1. The summed E-state index contributed by atoms with van der Waals surface area (Å²) >= 11 is 0. The molecule has 0 aliphatic carbocycles. The fraction of sp³-hybridized carbons (Fsp3) is 0.538. The molecule has 1 saturated heterocycles. The number of fused-ring (bicyclic) bond motifs is 1. The number of benzene rings is 1. The number of esters is 1. The number of nitrogen functional groups attached to an aromatic ring is 1. The summed E-state index contributed by atoms with van der Waals surface area (Å²) in [5.74, 6) is -0.793. The first kappa shape index (κ1) is 34.9. The number of carbonyl (C=O) groups is 1. The van der Waals surface area contributed by atoms with E-state index in [2.05, 4.69) is 20.0 Å². The highest BCUT2D eigenvalue weighted by molar-refractivity contribution is 7.62. The molecule has 1 aliphatic heterocycles. The van der Waals surface area contributed by atoms with Crippen LogP contribution in [0, 0.1) is 0 Å². The van der Waals surface area contributed by atoms with Crippen LogP contribution in [-0.4, -0.2) is 86.0 Å². The van der Waals surface area contributed by atoms with Gasteiger partial charge in [-0.3, -0.25) is 18.5 Å². The predicted molar refractivity (Wildman–Crippen MR) is 161 cm³/mol. The maximum atomic E-state index is 13.8. The molecule has 0 radical (unpaired) electrons. The largest absolute Gasteiger partial charge is 0.465 e. The van der Waals surface area contributed by atoms with Crippen LogP contribution in [-0.2, 0) is 37.0 Å². The van der Waals surface area contributed by atoms with E-state index in [0.717, 1.165) is 0 Å². The molecule has 1 aromatic carbocycles. The molecule has 2 aromatic heterocycles. The fourth-order valence-electron chi connectivity index (χ4n) is 4.60. The maximum Gasteiger partial charge on any atom is 0.459 e. The first-order chi connectivity index (χ1) is 21.3. The number of anilines is 1. The second-order valence-corrected chi connectivity index (χ2v) is 13.7. The van der Waals surface area contributed by atoms with Gasteiger partial charge in [-0.15, -0.1) is 0 Å². The molecule has 6 atom stereocenters. The first-order valence-electron chi connectivity index (χ1n) is 14.2. The summed E-state index contributed by atoms with van der Waals surface area (Å²) in [6.45, 7) is 7.27. The summed E-state index contributed by atoms with van der Waals surface area (Å²) < 4.78 is 61.8. The minimum atomic E-state index is -4.30. The Morgan fingerprint density at radius 1 is 1.13 bits per heavy atom. The Bertz CT molecular complexity index is 1560. The lowest BCUT2D eigenvalue weighted by Gasteiger charge is -2.27. The van der Waals surface area contributed by atoms with Crippen LogP contribution in [0.2, 0.25) is 0 Å². The molecule has 0 saturated carbocycles. The maximum absolute atomic E-state index is 13.8. The Hall–Kier alpha value is -2.98. The fourth-order valence-corrected chi connectivity index (χ4v) is 7.74. The Labute approximate surface area is 259 Å². The highest BCUT2D eigenvalue weighted by atomic mass is 31.2. The van der Waals surface area contributed by atoms with Crippen molar-refractivity contribution in [2.75, 3.05) is 32.2 Å². The standard InChI is InChI=1S/C26H38N6O11P2/c1-6-38-23(34)16(4)31-45(37,43-17-12-10-9-11-13-17)41-14-18-20(33)26(5,35)24(42-18)32-15-28-19-21(32)29-25(27)30-22(19)44(36,39-7-2)40-8-3/h9-13,15-16,18,20,24,33,35H,6-8,14H2,1-5H3,(H,31,37)(H2,27,29,30)/t16-,18+,20+,24+,26+,45?/m0/s1. The summed E-state index contributed by atoms with van der Waals surface area (Å²) in [6, 6.07) is 7.02. The van der Waals surface area contributed by atoms with Gasteiger partial charge in [-0.1, -0.05) is 18.2 Å². The molecule has 17 nitrogen and oxygen atoms in total. The summed E-state index contributed by atoms with van der Waals surface area (Å²) in [5, 5.41) is 25.0. The van der Waals surface area contributed by atoms with Crippen LogP contribution in [0.3, 0.4) is 0 Å². The Kier molecular flexibility index (Phi) is 11.0. The van der Waals surface area contributed by atoms with Crippen molar-refractivity contribution in [2.45, 2.75) is 64.7 Å². The molecule has 1 fully saturated rings. The van der Waals surface area contributed by atoms with Crippen LogP contribution in [0.15, 0.2) is 36.7 Å². The van der Waals surface area contributed by atoms with Gasteiger partial charge in [-0.05, 0) is 46.8 Å². The van der Waals surface area contributed by atoms with Gasteiger partial charge >= 0.3 is 21.3 Å². The lowest BCUT2D eigenvalue weighted by atomic mass is 9.96. The molecule has 248 valence electrons. The van der Waals surface area contributed by atoms with Gasteiger partial charge in [-0.2, -0.15) is 10.1 Å². The van der Waals surface area contributed by atoms with E-state index in [-0.39, 0.29) is 48.1 Å². The molecule has 4 rings (SSSR count). The molecule has 5 N–H and O–H groups in total. The summed E-state index contributed by atoms with van der Waals surface area (Å²) in [7, 11) is -8.26. The lowest BCUT2D eigenvalue weighted by Crippen LogP contribution is -2.44. The predicted octanol–water partition coefficient (Wildman–Crippen LogP) is 2.05. The van der Waals surface area contributed by atoms with E-state index < -0.39 is 58.0 Å². The van der Waals surface area contributed by atoms with Crippen molar-refractivity contribution in [3.05, 3.63) is 36.7 Å². The smallest absolute Gasteiger partial charge is 0.459 e. The van der Waals surface area contributed by atoms with Gasteiger partial charge in [-0.25, -0.2) is 14.5 Å². The Morgan fingerprint density at radius 2 is 1.80 bits per heavy atom. The van der Waals surface area contributed by atoms with E-state index in [4.69, 9.17) is 33.3 Å². The molecule has 19 heteroatoms. The Balaban J connectivity index is 1.62. The van der Waals surface area contributed by atoms with Crippen LogP contribution in [0.25, 0.3) is 11.2 Å². The van der Waals surface area contributed by atoms with Crippen LogP contribution in [0.5, 0.6) is 5.75 Å². The minimum absolute atomic E-state index is 0.0131. The summed E-state index contributed by atoms with van der Waals surface area (Å²) in [5.41, 5.74) is 3.82. The summed E-state index contributed by atoms with van der Waals surface area (Å²) in [4.78, 5) is 24.8. The third-order valence-electron chi connectivity index (χ3n) is 6.65. The number of aliphatic hydroxyl groups excluding tert-OH is 1. The average molecular weight is 673 g/mol. The quantitative estimate of drug-likeness (QED) is 0.134. The number of para-hydroxylation sites is 1. The molecule has 0 amide bonds. The van der Waals surface area contributed by atoms with Gasteiger partial charge in [0.25, 0.3) is 0 Å². The SMILES string of the molecule is CCOC(=O)[C@H](C)NP(=O)(OC[C@H]1O[C@@H](n2cnc3c(P(=O)(OCC)OCC)nc(N)nc32)[C@](C)(O)[C@@H]1O)Oc1ccccc1. The minimum Gasteiger partial charge on any atom is -0.465 e. The number of ether oxygens (including phenoxy) is 2. The van der Waals surface area contributed by atoms with Crippen molar-refractivity contribution in [1.82, 2.24) is 24.6 Å². The van der Waals surface area contributed by atoms with Crippen molar-refractivity contribution in [3.8, 4) is 5.75 Å². The van der Waals surface area contributed by atoms with E-state index >= 15 is 0 Å². The highest BCUT2D eigenvalue weighted by Gasteiger charge is 2.54. The second kappa shape index (κ2) is 14.2. The van der Waals surface area contributed by atoms with Crippen molar-refractivity contribution in [1.29, 1.82) is 0 Å². The topological polar surface area (TPSA) is 229 Å². The zero-order valence-electron chi connectivity index (χ0n) is 25.4. The van der Waals surface area contributed by atoms with E-state index in [1.807, 2.05) is 0 Å². The second-order valence-electron chi connectivity index (χ2n) is 10.1. The first-order valence-corrected chi connectivity index (χ1v) is 17.3. The Morgan fingerprint density at radius 3 is 2.42 bits per heavy atom. The molecule has 0 spiro atoms. The van der Waals surface area contributed by atoms with E-state index in [9.17, 15) is 24.1 Å². The van der Waals surface area contributed by atoms with Crippen molar-refractivity contribution in [3.63, 3.8) is 0 Å². The number of nitrogens with one attached hydrogen (secondary N) is 1. The molecule has 45 heavy (non-hydrogen) atoms. The molecule has 3 aromatic rings. The number of aromatic nitrogens is 4. The van der Waals surface area contributed by atoms with Crippen LogP contribution >= 0.6 is 15.3 Å². The van der Waals surface area contributed by atoms with Gasteiger partial charge in [0.2, 0.25) is 5.95 Å². The lowest BCUT2D eigenvalue weighted by molar-refractivity contribution is -0.144. The molecular weight excluding hydrogens is 634 g/mol. The van der Waals surface area contributed by atoms with E-state index in [1.54, 1.807) is 39.0 Å². The van der Waals surface area contributed by atoms with Crippen LogP contribution in [0.1, 0.15) is 40.8 Å². The van der Waals surface area contributed by atoms with E-state index in [1.165, 1.54) is 36.9 Å². The van der Waals surface area contributed by atoms with Crippen LogP contribution in [0.4, 0.5) is 5.95 Å². The van der Waals surface area contributed by atoms with Gasteiger partial charge in [0.05, 0.1) is 32.8 Å². The number of carbonyl (C=O) groups excluding carboxylic acids is 1. The molecule has 1 unspecified atom stereocenters. The van der Waals surface area contributed by atoms with Gasteiger partial charge < -0.3 is 39.0 Å². The molecule has 3 heterocycles. The zero-order valence-corrected chi connectivity index (χ0v) is 27.2. The van der Waals surface area contributed by atoms with Crippen molar-refractivity contribution < 1.29 is 51.7 Å². The average Bonchev–Trinajstić information content (AvgIpc) is 3.49. The van der Waals surface area contributed by atoms with E-state index in [0.29, 0.717) is 0 Å². The highest BCUT2D eigenvalue weighted by Crippen LogP contribution is 2.49. The van der Waals surface area contributed by atoms with Gasteiger partial charge in [0.15, 0.2) is 17.3 Å². The number of hydrogen-bond acceptors (Lipinski definition) is 15. The molecule has 0 bridgehead atoms. The number of rotatable bonds is 15. The molecule has 1 aliphatic rings. The third-order valence-corrected chi connectivity index (χ3v) is 10.3. The third kappa shape index (κ3) is 7.54. The zero-order chi connectivity index (χ0) is 33.0. The normalized spacial score (nSPS) is 23.9. The van der Waals surface area contributed by atoms with Gasteiger partial charge in [0.1, 0.15) is 35.1 Å². The van der Waals surface area contributed by atoms with Gasteiger partial charge in [0, 0.05) is 0 Å².